The van der Waals surface area contributed by atoms with Crippen molar-refractivity contribution in [2.45, 2.75) is 13.1 Å². The van der Waals surface area contributed by atoms with Crippen LogP contribution in [0.1, 0.15) is 11.1 Å². The van der Waals surface area contributed by atoms with Crippen molar-refractivity contribution in [1.82, 2.24) is 9.80 Å². The van der Waals surface area contributed by atoms with Gasteiger partial charge in [-0.1, -0.05) is 58.4 Å². The number of hydrogen-bond donors (Lipinski definition) is 0. The third-order valence-corrected chi connectivity index (χ3v) is 4.56. The second-order valence-electron chi connectivity index (χ2n) is 5.66. The molecule has 0 aromatic heterocycles. The van der Waals surface area contributed by atoms with Crippen LogP contribution in [0.3, 0.4) is 0 Å². The van der Waals surface area contributed by atoms with E-state index in [9.17, 15) is 0 Å². The minimum Gasteiger partial charge on any atom is -0.297 e. The van der Waals surface area contributed by atoms with Crippen LogP contribution in [0, 0.1) is 0 Å². The SMILES string of the molecule is Brc1ccc(CN2CCN(Cc3ccccc3)CC2)cc1. The van der Waals surface area contributed by atoms with Gasteiger partial charge in [0.25, 0.3) is 0 Å². The number of hydrogen-bond acceptors (Lipinski definition) is 2. The zero-order chi connectivity index (χ0) is 14.5. The lowest BCUT2D eigenvalue weighted by Gasteiger charge is -2.34. The smallest absolute Gasteiger partial charge is 0.0234 e. The number of piperazine rings is 1. The van der Waals surface area contributed by atoms with Gasteiger partial charge < -0.3 is 0 Å². The van der Waals surface area contributed by atoms with Crippen molar-refractivity contribution in [3.8, 4) is 0 Å². The second-order valence-corrected chi connectivity index (χ2v) is 6.58. The molecule has 3 heteroatoms. The Morgan fingerprint density at radius 1 is 0.667 bits per heavy atom. The molecule has 1 saturated heterocycles. The maximum atomic E-state index is 3.49. The topological polar surface area (TPSA) is 6.48 Å². The first kappa shape index (κ1) is 14.8. The average molecular weight is 345 g/mol. The molecule has 2 aromatic carbocycles. The fourth-order valence-corrected chi connectivity index (χ4v) is 3.06. The molecule has 0 amide bonds. The van der Waals surface area contributed by atoms with Crippen molar-refractivity contribution in [3.63, 3.8) is 0 Å². The summed E-state index contributed by atoms with van der Waals surface area (Å²) in [6, 6.07) is 19.4. The quantitative estimate of drug-likeness (QED) is 0.832. The maximum absolute atomic E-state index is 3.49. The Kier molecular flexibility index (Phi) is 5.07. The van der Waals surface area contributed by atoms with E-state index in [1.165, 1.54) is 11.1 Å². The first-order valence-electron chi connectivity index (χ1n) is 7.53. The molecule has 1 heterocycles. The lowest BCUT2D eigenvalue weighted by molar-refractivity contribution is 0.122. The third kappa shape index (κ3) is 4.40. The Bertz CT molecular complexity index is 545. The summed E-state index contributed by atoms with van der Waals surface area (Å²) in [7, 11) is 0. The molecule has 21 heavy (non-hydrogen) atoms. The Morgan fingerprint density at radius 3 is 1.67 bits per heavy atom. The molecular weight excluding hydrogens is 324 g/mol. The van der Waals surface area contributed by atoms with Gasteiger partial charge in [0.05, 0.1) is 0 Å². The van der Waals surface area contributed by atoms with Gasteiger partial charge in [-0.15, -0.1) is 0 Å². The molecule has 110 valence electrons. The molecule has 0 unspecified atom stereocenters. The summed E-state index contributed by atoms with van der Waals surface area (Å²) in [6.07, 6.45) is 0. The first-order chi connectivity index (χ1) is 10.3. The molecule has 0 radical (unpaired) electrons. The highest BCUT2D eigenvalue weighted by Gasteiger charge is 2.16. The van der Waals surface area contributed by atoms with Crippen LogP contribution < -0.4 is 0 Å². The van der Waals surface area contributed by atoms with Crippen LogP contribution in [0.15, 0.2) is 59.1 Å². The summed E-state index contributed by atoms with van der Waals surface area (Å²) in [5.74, 6) is 0. The van der Waals surface area contributed by atoms with Crippen LogP contribution in [0.25, 0.3) is 0 Å². The number of rotatable bonds is 4. The van der Waals surface area contributed by atoms with Crippen LogP contribution in [0.5, 0.6) is 0 Å². The fourth-order valence-electron chi connectivity index (χ4n) is 2.80. The summed E-state index contributed by atoms with van der Waals surface area (Å²) in [5, 5.41) is 0. The van der Waals surface area contributed by atoms with Gasteiger partial charge in [0, 0.05) is 43.7 Å². The molecule has 0 N–H and O–H groups in total. The van der Waals surface area contributed by atoms with E-state index in [1.54, 1.807) is 0 Å². The lowest BCUT2D eigenvalue weighted by Crippen LogP contribution is -2.45. The van der Waals surface area contributed by atoms with Gasteiger partial charge in [-0.2, -0.15) is 0 Å². The fraction of sp³-hybridized carbons (Fsp3) is 0.333. The maximum Gasteiger partial charge on any atom is 0.0234 e. The molecule has 3 rings (SSSR count). The van der Waals surface area contributed by atoms with Crippen molar-refractivity contribution in [2.24, 2.45) is 0 Å². The average Bonchev–Trinajstić information content (AvgIpc) is 2.53. The molecule has 1 aliphatic rings. The minimum atomic E-state index is 1.06. The first-order valence-corrected chi connectivity index (χ1v) is 8.32. The summed E-state index contributed by atoms with van der Waals surface area (Å²) < 4.78 is 1.15. The highest BCUT2D eigenvalue weighted by molar-refractivity contribution is 9.10. The highest BCUT2D eigenvalue weighted by Crippen LogP contribution is 2.14. The van der Waals surface area contributed by atoms with Crippen LogP contribution in [-0.2, 0) is 13.1 Å². The van der Waals surface area contributed by atoms with Crippen molar-refractivity contribution >= 4 is 15.9 Å². The molecule has 2 nitrogen and oxygen atoms in total. The van der Waals surface area contributed by atoms with Crippen molar-refractivity contribution in [3.05, 3.63) is 70.2 Å². The van der Waals surface area contributed by atoms with Gasteiger partial charge in [0.2, 0.25) is 0 Å². The monoisotopic (exact) mass is 344 g/mol. The lowest BCUT2D eigenvalue weighted by atomic mass is 10.1. The number of halogens is 1. The molecule has 2 aromatic rings. The predicted octanol–water partition coefficient (Wildman–Crippen LogP) is 3.77. The number of benzene rings is 2. The second kappa shape index (κ2) is 7.21. The number of nitrogens with zero attached hydrogens (tertiary/aromatic N) is 2. The molecule has 0 spiro atoms. The summed E-state index contributed by atoms with van der Waals surface area (Å²) in [5.41, 5.74) is 2.81. The Balaban J connectivity index is 1.47. The van der Waals surface area contributed by atoms with Crippen molar-refractivity contribution < 1.29 is 0 Å². The van der Waals surface area contributed by atoms with E-state index in [4.69, 9.17) is 0 Å². The van der Waals surface area contributed by atoms with Gasteiger partial charge in [-0.05, 0) is 23.3 Å². The van der Waals surface area contributed by atoms with Crippen molar-refractivity contribution in [1.29, 1.82) is 0 Å². The van der Waals surface area contributed by atoms with E-state index in [1.807, 2.05) is 0 Å². The molecular formula is C18H21BrN2. The molecule has 0 saturated carbocycles. The third-order valence-electron chi connectivity index (χ3n) is 4.03. The van der Waals surface area contributed by atoms with Gasteiger partial charge in [0.15, 0.2) is 0 Å². The van der Waals surface area contributed by atoms with E-state index in [0.717, 1.165) is 43.7 Å². The van der Waals surface area contributed by atoms with Gasteiger partial charge in [0.1, 0.15) is 0 Å². The summed E-state index contributed by atoms with van der Waals surface area (Å²) in [4.78, 5) is 5.10. The van der Waals surface area contributed by atoms with Gasteiger partial charge in [-0.25, -0.2) is 0 Å². The Morgan fingerprint density at radius 2 is 1.14 bits per heavy atom. The molecule has 1 fully saturated rings. The van der Waals surface area contributed by atoms with Crippen molar-refractivity contribution in [2.75, 3.05) is 26.2 Å². The van der Waals surface area contributed by atoms with E-state index in [2.05, 4.69) is 80.3 Å². The van der Waals surface area contributed by atoms with E-state index in [-0.39, 0.29) is 0 Å². The molecule has 0 aliphatic carbocycles. The Hall–Kier alpha value is -1.16. The zero-order valence-corrected chi connectivity index (χ0v) is 13.8. The molecule has 0 atom stereocenters. The largest absolute Gasteiger partial charge is 0.297 e. The molecule has 1 aliphatic heterocycles. The summed E-state index contributed by atoms with van der Waals surface area (Å²) in [6.45, 7) is 6.77. The van der Waals surface area contributed by atoms with Crippen LogP contribution in [0.4, 0.5) is 0 Å². The van der Waals surface area contributed by atoms with E-state index < -0.39 is 0 Å². The van der Waals surface area contributed by atoms with Gasteiger partial charge >= 0.3 is 0 Å². The minimum absolute atomic E-state index is 1.06. The van der Waals surface area contributed by atoms with Crippen LogP contribution in [0.2, 0.25) is 0 Å². The zero-order valence-electron chi connectivity index (χ0n) is 12.2. The van der Waals surface area contributed by atoms with Crippen LogP contribution >= 0.6 is 15.9 Å². The van der Waals surface area contributed by atoms with E-state index in [0.29, 0.717) is 0 Å². The summed E-state index contributed by atoms with van der Waals surface area (Å²) >= 11 is 3.49. The van der Waals surface area contributed by atoms with Gasteiger partial charge in [-0.3, -0.25) is 9.80 Å². The molecule has 0 bridgehead atoms. The van der Waals surface area contributed by atoms with E-state index >= 15 is 0 Å². The predicted molar refractivity (Wildman–Crippen MR) is 91.1 cm³/mol. The van der Waals surface area contributed by atoms with Crippen LogP contribution in [-0.4, -0.2) is 36.0 Å². The highest BCUT2D eigenvalue weighted by atomic mass is 79.9. The standard InChI is InChI=1S/C18H21BrN2/c19-18-8-6-17(7-9-18)15-21-12-10-20(11-13-21)14-16-4-2-1-3-5-16/h1-9H,10-15H2. The normalized spacial score (nSPS) is 17.0. The Labute approximate surface area is 135 Å².